The second-order valence-electron chi connectivity index (χ2n) is 5.78. The summed E-state index contributed by atoms with van der Waals surface area (Å²) in [5.41, 5.74) is 2.35. The van der Waals surface area contributed by atoms with E-state index in [1.54, 1.807) is 7.11 Å². The Bertz CT molecular complexity index is 706. The maximum atomic E-state index is 12.8. The standard InChI is InChI=1S/C17H21N3O2/c1-12-15(17(21)20-8-6-19(2)7-9-20)11-13-10-14(22-3)4-5-16(13)18-12/h4-5,10-11H,6-9H2,1-3H3. The molecule has 1 aliphatic heterocycles. The molecule has 2 aromatic rings. The van der Waals surface area contributed by atoms with Crippen LogP contribution in [0.3, 0.4) is 0 Å². The molecule has 116 valence electrons. The first kappa shape index (κ1) is 14.8. The van der Waals surface area contributed by atoms with Crippen LogP contribution in [-0.4, -0.2) is 61.0 Å². The van der Waals surface area contributed by atoms with E-state index in [4.69, 9.17) is 4.74 Å². The zero-order chi connectivity index (χ0) is 15.7. The summed E-state index contributed by atoms with van der Waals surface area (Å²) in [6.07, 6.45) is 0. The second kappa shape index (κ2) is 5.93. The van der Waals surface area contributed by atoms with Crippen molar-refractivity contribution in [2.75, 3.05) is 40.3 Å². The number of rotatable bonds is 2. The van der Waals surface area contributed by atoms with Crippen molar-refractivity contribution in [3.05, 3.63) is 35.5 Å². The van der Waals surface area contributed by atoms with Gasteiger partial charge in [-0.1, -0.05) is 0 Å². The Morgan fingerprint density at radius 3 is 2.59 bits per heavy atom. The van der Waals surface area contributed by atoms with Crippen LogP contribution in [0.25, 0.3) is 10.9 Å². The Labute approximate surface area is 130 Å². The van der Waals surface area contributed by atoms with Crippen molar-refractivity contribution in [2.45, 2.75) is 6.92 Å². The van der Waals surface area contributed by atoms with Crippen molar-refractivity contribution >= 4 is 16.8 Å². The van der Waals surface area contributed by atoms with Crippen molar-refractivity contribution in [1.82, 2.24) is 14.8 Å². The molecule has 0 saturated carbocycles. The fraction of sp³-hybridized carbons (Fsp3) is 0.412. The van der Waals surface area contributed by atoms with Crippen molar-refractivity contribution < 1.29 is 9.53 Å². The van der Waals surface area contributed by atoms with E-state index in [1.807, 2.05) is 36.1 Å². The summed E-state index contributed by atoms with van der Waals surface area (Å²) in [6.45, 7) is 5.27. The highest BCUT2D eigenvalue weighted by molar-refractivity contribution is 5.98. The number of likely N-dealkylation sites (N-methyl/N-ethyl adjacent to an activating group) is 1. The van der Waals surface area contributed by atoms with Crippen LogP contribution >= 0.6 is 0 Å². The minimum absolute atomic E-state index is 0.0721. The van der Waals surface area contributed by atoms with Gasteiger partial charge in [-0.15, -0.1) is 0 Å². The number of amides is 1. The van der Waals surface area contributed by atoms with Crippen molar-refractivity contribution in [1.29, 1.82) is 0 Å². The number of carbonyl (C=O) groups is 1. The molecule has 1 fully saturated rings. The Kier molecular flexibility index (Phi) is 3.98. The summed E-state index contributed by atoms with van der Waals surface area (Å²) in [4.78, 5) is 21.5. The SMILES string of the molecule is COc1ccc2nc(C)c(C(=O)N3CCN(C)CC3)cc2c1. The van der Waals surface area contributed by atoms with Gasteiger partial charge in [0.15, 0.2) is 0 Å². The third-order valence-electron chi connectivity index (χ3n) is 4.23. The highest BCUT2D eigenvalue weighted by Crippen LogP contribution is 2.23. The molecule has 0 N–H and O–H groups in total. The van der Waals surface area contributed by atoms with Crippen molar-refractivity contribution in [3.8, 4) is 5.75 Å². The molecule has 1 aromatic carbocycles. The molecule has 0 bridgehead atoms. The quantitative estimate of drug-likeness (QED) is 0.850. The molecule has 0 spiro atoms. The number of methoxy groups -OCH3 is 1. The van der Waals surface area contributed by atoms with Crippen LogP contribution in [0, 0.1) is 6.92 Å². The molecule has 0 unspecified atom stereocenters. The van der Waals surface area contributed by atoms with E-state index in [2.05, 4.69) is 16.9 Å². The maximum absolute atomic E-state index is 12.8. The largest absolute Gasteiger partial charge is 0.497 e. The van der Waals surface area contributed by atoms with Gasteiger partial charge in [-0.05, 0) is 38.2 Å². The Morgan fingerprint density at radius 1 is 1.18 bits per heavy atom. The first-order valence-electron chi connectivity index (χ1n) is 7.51. The first-order valence-corrected chi connectivity index (χ1v) is 7.51. The van der Waals surface area contributed by atoms with E-state index >= 15 is 0 Å². The number of fused-ring (bicyclic) bond motifs is 1. The third kappa shape index (κ3) is 2.76. The molecule has 0 radical (unpaired) electrons. The van der Waals surface area contributed by atoms with Gasteiger partial charge in [0.2, 0.25) is 0 Å². The Hall–Kier alpha value is -2.14. The van der Waals surface area contributed by atoms with Gasteiger partial charge < -0.3 is 14.5 Å². The van der Waals surface area contributed by atoms with Gasteiger partial charge in [0, 0.05) is 31.6 Å². The maximum Gasteiger partial charge on any atom is 0.255 e. The van der Waals surface area contributed by atoms with Gasteiger partial charge in [0.1, 0.15) is 5.75 Å². The van der Waals surface area contributed by atoms with Gasteiger partial charge in [-0.3, -0.25) is 9.78 Å². The summed E-state index contributed by atoms with van der Waals surface area (Å²) in [5.74, 6) is 0.846. The number of aromatic nitrogens is 1. The first-order chi connectivity index (χ1) is 10.6. The van der Waals surface area contributed by atoms with Crippen LogP contribution in [0.4, 0.5) is 0 Å². The normalized spacial score (nSPS) is 16.0. The monoisotopic (exact) mass is 299 g/mol. The number of hydrogen-bond donors (Lipinski definition) is 0. The third-order valence-corrected chi connectivity index (χ3v) is 4.23. The second-order valence-corrected chi connectivity index (χ2v) is 5.78. The highest BCUT2D eigenvalue weighted by Gasteiger charge is 2.22. The van der Waals surface area contributed by atoms with Gasteiger partial charge in [0.25, 0.3) is 5.91 Å². The number of pyridine rings is 1. The smallest absolute Gasteiger partial charge is 0.255 e. The minimum Gasteiger partial charge on any atom is -0.497 e. The molecule has 5 heteroatoms. The molecule has 2 heterocycles. The Balaban J connectivity index is 1.95. The van der Waals surface area contributed by atoms with E-state index in [0.29, 0.717) is 5.56 Å². The lowest BCUT2D eigenvalue weighted by molar-refractivity contribution is 0.0663. The number of benzene rings is 1. The van der Waals surface area contributed by atoms with Crippen LogP contribution in [0.1, 0.15) is 16.1 Å². The number of nitrogens with zero attached hydrogens (tertiary/aromatic N) is 3. The molecule has 3 rings (SSSR count). The van der Waals surface area contributed by atoms with Crippen molar-refractivity contribution in [2.24, 2.45) is 0 Å². The van der Waals surface area contributed by atoms with Gasteiger partial charge in [0.05, 0.1) is 23.9 Å². The lowest BCUT2D eigenvalue weighted by atomic mass is 10.1. The van der Waals surface area contributed by atoms with E-state index in [1.165, 1.54) is 0 Å². The molecule has 0 aliphatic carbocycles. The topological polar surface area (TPSA) is 45.7 Å². The summed E-state index contributed by atoms with van der Waals surface area (Å²) in [7, 11) is 3.72. The van der Waals surface area contributed by atoms with Gasteiger partial charge >= 0.3 is 0 Å². The molecular formula is C17H21N3O2. The molecule has 1 aromatic heterocycles. The van der Waals surface area contributed by atoms with E-state index in [-0.39, 0.29) is 5.91 Å². The van der Waals surface area contributed by atoms with E-state index in [9.17, 15) is 4.79 Å². The fourth-order valence-electron chi connectivity index (χ4n) is 2.77. The fourth-order valence-corrected chi connectivity index (χ4v) is 2.77. The van der Waals surface area contributed by atoms with E-state index in [0.717, 1.165) is 48.5 Å². The molecule has 1 aliphatic rings. The van der Waals surface area contributed by atoms with Gasteiger partial charge in [-0.2, -0.15) is 0 Å². The minimum atomic E-state index is 0.0721. The number of piperazine rings is 1. The van der Waals surface area contributed by atoms with Crippen LogP contribution in [0.5, 0.6) is 5.75 Å². The average Bonchev–Trinajstić information content (AvgIpc) is 2.54. The zero-order valence-electron chi connectivity index (χ0n) is 13.3. The predicted molar refractivity (Wildman–Crippen MR) is 86.4 cm³/mol. The zero-order valence-corrected chi connectivity index (χ0v) is 13.3. The van der Waals surface area contributed by atoms with Crippen LogP contribution in [0.2, 0.25) is 0 Å². The summed E-state index contributed by atoms with van der Waals surface area (Å²) in [6, 6.07) is 7.66. The molecular weight excluding hydrogens is 278 g/mol. The van der Waals surface area contributed by atoms with Crippen LogP contribution in [-0.2, 0) is 0 Å². The lowest BCUT2D eigenvalue weighted by Crippen LogP contribution is -2.47. The summed E-state index contributed by atoms with van der Waals surface area (Å²) >= 11 is 0. The average molecular weight is 299 g/mol. The number of hydrogen-bond acceptors (Lipinski definition) is 4. The Morgan fingerprint density at radius 2 is 1.91 bits per heavy atom. The molecule has 0 atom stereocenters. The highest BCUT2D eigenvalue weighted by atomic mass is 16.5. The van der Waals surface area contributed by atoms with E-state index < -0.39 is 0 Å². The van der Waals surface area contributed by atoms with Crippen LogP contribution in [0.15, 0.2) is 24.3 Å². The number of aryl methyl sites for hydroxylation is 1. The number of ether oxygens (including phenoxy) is 1. The predicted octanol–water partition coefficient (Wildman–Crippen LogP) is 1.94. The van der Waals surface area contributed by atoms with Crippen LogP contribution < -0.4 is 4.74 Å². The summed E-state index contributed by atoms with van der Waals surface area (Å²) in [5, 5.41) is 0.933. The summed E-state index contributed by atoms with van der Waals surface area (Å²) < 4.78 is 5.25. The van der Waals surface area contributed by atoms with Crippen molar-refractivity contribution in [3.63, 3.8) is 0 Å². The molecule has 5 nitrogen and oxygen atoms in total. The molecule has 22 heavy (non-hydrogen) atoms. The lowest BCUT2D eigenvalue weighted by Gasteiger charge is -2.32. The molecule has 1 saturated heterocycles. The molecule has 1 amide bonds. The van der Waals surface area contributed by atoms with Gasteiger partial charge in [-0.25, -0.2) is 0 Å². The number of carbonyl (C=O) groups excluding carboxylic acids is 1.